The highest BCUT2D eigenvalue weighted by Crippen LogP contribution is 2.39. The lowest BCUT2D eigenvalue weighted by Crippen LogP contribution is -2.40. The summed E-state index contributed by atoms with van der Waals surface area (Å²) in [5.74, 6) is -0.399. The molecule has 2 heterocycles. The van der Waals surface area contributed by atoms with Gasteiger partial charge in [0.25, 0.3) is 5.91 Å². The van der Waals surface area contributed by atoms with Crippen molar-refractivity contribution in [3.63, 3.8) is 0 Å². The van der Waals surface area contributed by atoms with E-state index in [0.717, 1.165) is 27.7 Å². The van der Waals surface area contributed by atoms with Crippen LogP contribution in [0, 0.1) is 5.82 Å². The Morgan fingerprint density at radius 3 is 2.68 bits per heavy atom. The molecule has 1 aliphatic heterocycles. The summed E-state index contributed by atoms with van der Waals surface area (Å²) in [5.41, 5.74) is 4.32. The molecule has 1 fully saturated rings. The molecule has 2 aromatic carbocycles. The lowest BCUT2D eigenvalue weighted by Gasteiger charge is -2.30. The maximum atomic E-state index is 14.4. The Labute approximate surface area is 185 Å². The van der Waals surface area contributed by atoms with Gasteiger partial charge in [-0.25, -0.2) is 9.37 Å². The van der Waals surface area contributed by atoms with Gasteiger partial charge in [0.2, 0.25) is 0 Å². The molecule has 2 aliphatic rings. The zero-order valence-electron chi connectivity index (χ0n) is 16.9. The number of likely N-dealkylation sites (tertiary alicyclic amines) is 1. The number of carbonyl (C=O) groups excluding carboxylic acids is 1. The van der Waals surface area contributed by atoms with E-state index in [1.807, 2.05) is 29.2 Å². The number of carbonyl (C=O) groups is 1. The van der Waals surface area contributed by atoms with Gasteiger partial charge in [0.05, 0.1) is 27.9 Å². The van der Waals surface area contributed by atoms with Crippen LogP contribution in [-0.4, -0.2) is 40.1 Å². The summed E-state index contributed by atoms with van der Waals surface area (Å²) in [6.45, 7) is 1.08. The first-order valence-corrected chi connectivity index (χ1v) is 10.9. The van der Waals surface area contributed by atoms with Gasteiger partial charge >= 0.3 is 0 Å². The standard InChI is InChI=1S/C25H22ClFN2O2/c26-20-5-3-6-21(27)19(20)14-15-8-9-18-23(25(31)29-12-10-16(30)11-13-29)17-4-1-2-7-22(17)28-24(15)18/h1-7,14,16,30H,8-13H2/b15-14-. The first kappa shape index (κ1) is 20.2. The number of rotatable bonds is 2. The molecule has 0 spiro atoms. The Morgan fingerprint density at radius 1 is 1.13 bits per heavy atom. The number of halogens is 2. The van der Waals surface area contributed by atoms with Gasteiger partial charge in [0.15, 0.2) is 0 Å². The Hall–Kier alpha value is -2.76. The van der Waals surface area contributed by atoms with Gasteiger partial charge in [-0.05, 0) is 61.1 Å². The number of aliphatic hydroxyl groups excluding tert-OH is 1. The molecule has 158 valence electrons. The molecule has 5 rings (SSSR count). The number of aliphatic hydroxyl groups is 1. The van der Waals surface area contributed by atoms with Crippen LogP contribution in [-0.2, 0) is 6.42 Å². The number of hydrogen-bond donors (Lipinski definition) is 1. The molecule has 4 nitrogen and oxygen atoms in total. The molecule has 0 bridgehead atoms. The van der Waals surface area contributed by atoms with Crippen molar-refractivity contribution in [1.82, 2.24) is 9.88 Å². The van der Waals surface area contributed by atoms with E-state index in [2.05, 4.69) is 0 Å². The van der Waals surface area contributed by atoms with E-state index < -0.39 is 0 Å². The number of pyridine rings is 1. The first-order chi connectivity index (χ1) is 15.0. The highest BCUT2D eigenvalue weighted by Gasteiger charge is 2.30. The Kier molecular flexibility index (Phi) is 5.24. The molecule has 0 radical (unpaired) electrons. The maximum Gasteiger partial charge on any atom is 0.254 e. The van der Waals surface area contributed by atoms with E-state index in [0.29, 0.717) is 54.9 Å². The van der Waals surface area contributed by atoms with E-state index in [4.69, 9.17) is 16.6 Å². The Balaban J connectivity index is 1.65. The number of nitrogens with zero attached hydrogens (tertiary/aromatic N) is 2. The highest BCUT2D eigenvalue weighted by molar-refractivity contribution is 6.32. The third-order valence-electron chi connectivity index (χ3n) is 6.23. The summed E-state index contributed by atoms with van der Waals surface area (Å²) in [4.78, 5) is 20.2. The summed E-state index contributed by atoms with van der Waals surface area (Å²) in [6, 6.07) is 12.3. The summed E-state index contributed by atoms with van der Waals surface area (Å²) in [5, 5.41) is 11.0. The van der Waals surface area contributed by atoms with Gasteiger partial charge in [-0.15, -0.1) is 0 Å². The number of benzene rings is 2. The number of aromatic nitrogens is 1. The zero-order valence-corrected chi connectivity index (χ0v) is 17.7. The molecule has 31 heavy (non-hydrogen) atoms. The first-order valence-electron chi connectivity index (χ1n) is 10.6. The minimum Gasteiger partial charge on any atom is -0.393 e. The predicted octanol–water partition coefficient (Wildman–Crippen LogP) is 5.11. The molecule has 1 N–H and O–H groups in total. The number of amides is 1. The fraction of sp³-hybridized carbons (Fsp3) is 0.280. The van der Waals surface area contributed by atoms with Crippen molar-refractivity contribution in [2.45, 2.75) is 31.8 Å². The molecule has 1 amide bonds. The van der Waals surface area contributed by atoms with Crippen LogP contribution in [0.2, 0.25) is 5.02 Å². The molecule has 0 unspecified atom stereocenters. The van der Waals surface area contributed by atoms with Crippen LogP contribution in [0.5, 0.6) is 0 Å². The van der Waals surface area contributed by atoms with Gasteiger partial charge in [0.1, 0.15) is 5.82 Å². The van der Waals surface area contributed by atoms with Gasteiger partial charge < -0.3 is 10.0 Å². The Bertz CT molecular complexity index is 1200. The van der Waals surface area contributed by atoms with Crippen molar-refractivity contribution in [3.8, 4) is 0 Å². The van der Waals surface area contributed by atoms with Crippen LogP contribution >= 0.6 is 11.6 Å². The van der Waals surface area contributed by atoms with Gasteiger partial charge in [0, 0.05) is 24.0 Å². The lowest BCUT2D eigenvalue weighted by molar-refractivity contribution is 0.0547. The van der Waals surface area contributed by atoms with Crippen LogP contribution in [0.15, 0.2) is 42.5 Å². The van der Waals surface area contributed by atoms with E-state index in [-0.39, 0.29) is 17.8 Å². The zero-order chi connectivity index (χ0) is 21.5. The molecule has 3 aromatic rings. The normalized spacial score (nSPS) is 18.0. The molecule has 6 heteroatoms. The van der Waals surface area contributed by atoms with E-state index in [1.165, 1.54) is 6.07 Å². The van der Waals surface area contributed by atoms with Crippen molar-refractivity contribution < 1.29 is 14.3 Å². The molecular weight excluding hydrogens is 415 g/mol. The highest BCUT2D eigenvalue weighted by atomic mass is 35.5. The van der Waals surface area contributed by atoms with E-state index >= 15 is 0 Å². The fourth-order valence-electron chi connectivity index (χ4n) is 4.57. The monoisotopic (exact) mass is 436 g/mol. The average molecular weight is 437 g/mol. The van der Waals surface area contributed by atoms with Crippen molar-refractivity contribution in [1.29, 1.82) is 0 Å². The molecular formula is C25H22ClFN2O2. The third kappa shape index (κ3) is 3.62. The topological polar surface area (TPSA) is 53.4 Å². The van der Waals surface area contributed by atoms with Crippen molar-refractivity contribution in [2.75, 3.05) is 13.1 Å². The number of para-hydroxylation sites is 1. The average Bonchev–Trinajstić information content (AvgIpc) is 3.17. The van der Waals surface area contributed by atoms with Crippen LogP contribution in [0.1, 0.15) is 46.4 Å². The second-order valence-corrected chi connectivity index (χ2v) is 8.57. The largest absolute Gasteiger partial charge is 0.393 e. The summed E-state index contributed by atoms with van der Waals surface area (Å²) >= 11 is 6.24. The molecule has 0 saturated carbocycles. The molecule has 1 saturated heterocycles. The number of hydrogen-bond acceptors (Lipinski definition) is 3. The van der Waals surface area contributed by atoms with Crippen molar-refractivity contribution >= 4 is 40.1 Å². The minimum absolute atomic E-state index is 0.0214. The second-order valence-electron chi connectivity index (χ2n) is 8.16. The number of fused-ring (bicyclic) bond motifs is 2. The van der Waals surface area contributed by atoms with Crippen LogP contribution < -0.4 is 0 Å². The summed E-state index contributed by atoms with van der Waals surface area (Å²) in [6.07, 6.45) is 3.94. The molecule has 1 aliphatic carbocycles. The quantitative estimate of drug-likeness (QED) is 0.607. The predicted molar refractivity (Wildman–Crippen MR) is 120 cm³/mol. The van der Waals surface area contributed by atoms with E-state index in [1.54, 1.807) is 18.2 Å². The summed E-state index contributed by atoms with van der Waals surface area (Å²) in [7, 11) is 0. The van der Waals surface area contributed by atoms with Crippen LogP contribution in [0.3, 0.4) is 0 Å². The van der Waals surface area contributed by atoms with Crippen LogP contribution in [0.4, 0.5) is 4.39 Å². The SMILES string of the molecule is O=C(c1c2c(nc3ccccc13)/C(=C\c1c(F)cccc1Cl)CC2)N1CCC(O)CC1. The molecule has 0 atom stereocenters. The Morgan fingerprint density at radius 2 is 1.90 bits per heavy atom. The van der Waals surface area contributed by atoms with Gasteiger partial charge in [-0.3, -0.25) is 4.79 Å². The fourth-order valence-corrected chi connectivity index (χ4v) is 4.79. The van der Waals surface area contributed by atoms with Gasteiger partial charge in [-0.2, -0.15) is 0 Å². The van der Waals surface area contributed by atoms with Gasteiger partial charge in [-0.1, -0.05) is 35.9 Å². The van der Waals surface area contributed by atoms with Crippen LogP contribution in [0.25, 0.3) is 22.6 Å². The maximum absolute atomic E-state index is 14.4. The van der Waals surface area contributed by atoms with Crippen molar-refractivity contribution in [3.05, 3.63) is 75.7 Å². The number of piperidine rings is 1. The van der Waals surface area contributed by atoms with E-state index in [9.17, 15) is 14.3 Å². The smallest absolute Gasteiger partial charge is 0.254 e. The second kappa shape index (κ2) is 8.06. The minimum atomic E-state index is -0.377. The third-order valence-corrected chi connectivity index (χ3v) is 6.56. The number of allylic oxidation sites excluding steroid dienone is 1. The lowest BCUT2D eigenvalue weighted by atomic mass is 9.98. The summed E-state index contributed by atoms with van der Waals surface area (Å²) < 4.78 is 14.4. The molecule has 1 aromatic heterocycles. The van der Waals surface area contributed by atoms with Crippen molar-refractivity contribution in [2.24, 2.45) is 0 Å².